The van der Waals surface area contributed by atoms with Crippen LogP contribution < -0.4 is 5.32 Å². The van der Waals surface area contributed by atoms with Gasteiger partial charge in [0.05, 0.1) is 0 Å². The summed E-state index contributed by atoms with van der Waals surface area (Å²) < 4.78 is 14.0. The van der Waals surface area contributed by atoms with Crippen molar-refractivity contribution in [1.29, 1.82) is 0 Å². The molecule has 82 valence electrons. The average Bonchev–Trinajstić information content (AvgIpc) is 2.24. The molecule has 1 aromatic rings. The molecule has 2 rings (SSSR count). The van der Waals surface area contributed by atoms with E-state index >= 15 is 0 Å². The van der Waals surface area contributed by atoms with Crippen LogP contribution in [0.5, 0.6) is 0 Å². The summed E-state index contributed by atoms with van der Waals surface area (Å²) in [6, 6.07) is 7.99. The van der Waals surface area contributed by atoms with Crippen LogP contribution in [0.15, 0.2) is 24.3 Å². The minimum Gasteiger partial charge on any atom is -0.319 e. The molecule has 1 nitrogen and oxygen atoms in total. The molecule has 15 heavy (non-hydrogen) atoms. The second kappa shape index (κ2) is 4.31. The van der Waals surface area contributed by atoms with Gasteiger partial charge >= 0.3 is 0 Å². The van der Waals surface area contributed by atoms with Gasteiger partial charge in [-0.15, -0.1) is 0 Å². The number of alkyl halides is 1. The number of hydrogen-bond acceptors (Lipinski definition) is 1. The van der Waals surface area contributed by atoms with Crippen LogP contribution in [0.2, 0.25) is 0 Å². The molecule has 1 aliphatic carbocycles. The van der Waals surface area contributed by atoms with E-state index in [2.05, 4.69) is 5.32 Å². The van der Waals surface area contributed by atoms with E-state index in [-0.39, 0.29) is 0 Å². The predicted molar refractivity (Wildman–Crippen MR) is 60.7 cm³/mol. The number of hydrogen-bond donors (Lipinski definition) is 1. The van der Waals surface area contributed by atoms with Gasteiger partial charge in [0.25, 0.3) is 0 Å². The molecule has 0 saturated heterocycles. The molecule has 2 heteroatoms. The molecule has 0 heterocycles. The van der Waals surface area contributed by atoms with Crippen molar-refractivity contribution >= 4 is 0 Å². The molecular weight excluding hydrogens is 189 g/mol. The lowest BCUT2D eigenvalue weighted by Gasteiger charge is -2.34. The van der Waals surface area contributed by atoms with E-state index in [1.54, 1.807) is 0 Å². The molecular formula is C13H18FN. The van der Waals surface area contributed by atoms with Crippen LogP contribution in [0.4, 0.5) is 4.39 Å². The van der Waals surface area contributed by atoms with Crippen LogP contribution in [0.3, 0.4) is 0 Å². The number of halogens is 1. The van der Waals surface area contributed by atoms with Gasteiger partial charge in [0.15, 0.2) is 0 Å². The van der Waals surface area contributed by atoms with E-state index in [4.69, 9.17) is 0 Å². The largest absolute Gasteiger partial charge is 0.319 e. The molecule has 1 fully saturated rings. The summed E-state index contributed by atoms with van der Waals surface area (Å²) in [4.78, 5) is 0. The first-order valence-corrected chi connectivity index (χ1v) is 5.67. The number of nitrogens with one attached hydrogen (secondary N) is 1. The molecule has 0 atom stereocenters. The summed E-state index contributed by atoms with van der Waals surface area (Å²) in [6.45, 7) is 0.972. The Balaban J connectivity index is 2.03. The fourth-order valence-corrected chi connectivity index (χ4v) is 2.02. The Kier molecular flexibility index (Phi) is 3.06. The first kappa shape index (κ1) is 10.6. The van der Waals surface area contributed by atoms with Crippen LogP contribution in [0.25, 0.3) is 0 Å². The minimum absolute atomic E-state index is 0.697. The summed E-state index contributed by atoms with van der Waals surface area (Å²) in [5.41, 5.74) is 1.12. The standard InChI is InChI=1S/C13H18FN/c1-15-10-7-11-3-5-12(6-4-11)13(14)8-2-9-13/h3-6,15H,2,7-10H2,1H3. The van der Waals surface area contributed by atoms with Gasteiger partial charge in [-0.1, -0.05) is 24.3 Å². The molecule has 1 aromatic carbocycles. The van der Waals surface area contributed by atoms with Gasteiger partial charge in [0.1, 0.15) is 5.67 Å². The Bertz CT molecular complexity index is 314. The smallest absolute Gasteiger partial charge is 0.136 e. The Morgan fingerprint density at radius 2 is 1.93 bits per heavy atom. The molecule has 0 spiro atoms. The van der Waals surface area contributed by atoms with Crippen molar-refractivity contribution in [2.45, 2.75) is 31.4 Å². The molecule has 0 bridgehead atoms. The van der Waals surface area contributed by atoms with Gasteiger partial charge in [-0.25, -0.2) is 4.39 Å². The van der Waals surface area contributed by atoms with Gasteiger partial charge in [-0.05, 0) is 50.4 Å². The number of likely N-dealkylation sites (N-methyl/N-ethyl adjacent to an activating group) is 1. The third-order valence-corrected chi connectivity index (χ3v) is 3.28. The molecule has 0 amide bonds. The van der Waals surface area contributed by atoms with Crippen LogP contribution in [0.1, 0.15) is 30.4 Å². The van der Waals surface area contributed by atoms with Gasteiger partial charge < -0.3 is 5.32 Å². The van der Waals surface area contributed by atoms with E-state index in [0.717, 1.165) is 24.9 Å². The van der Waals surface area contributed by atoms with Gasteiger partial charge in [0.2, 0.25) is 0 Å². The van der Waals surface area contributed by atoms with Crippen LogP contribution in [0, 0.1) is 0 Å². The molecule has 0 aliphatic heterocycles. The molecule has 1 N–H and O–H groups in total. The zero-order chi connectivity index (χ0) is 10.7. The van der Waals surface area contributed by atoms with E-state index in [1.165, 1.54) is 5.56 Å². The van der Waals surface area contributed by atoms with E-state index in [9.17, 15) is 4.39 Å². The highest BCUT2D eigenvalue weighted by molar-refractivity contribution is 5.29. The first-order chi connectivity index (χ1) is 7.24. The van der Waals surface area contributed by atoms with Gasteiger partial charge in [0, 0.05) is 0 Å². The van der Waals surface area contributed by atoms with E-state index in [1.807, 2.05) is 31.3 Å². The SMILES string of the molecule is CNCCc1ccc(C2(F)CCC2)cc1. The third kappa shape index (κ3) is 2.20. The lowest BCUT2D eigenvalue weighted by Crippen LogP contribution is -2.28. The van der Waals surface area contributed by atoms with E-state index in [0.29, 0.717) is 12.8 Å². The Hall–Kier alpha value is -0.890. The molecule has 0 unspecified atom stereocenters. The fourth-order valence-electron chi connectivity index (χ4n) is 2.02. The van der Waals surface area contributed by atoms with Gasteiger partial charge in [-0.2, -0.15) is 0 Å². The topological polar surface area (TPSA) is 12.0 Å². The van der Waals surface area contributed by atoms with Crippen molar-refractivity contribution in [2.75, 3.05) is 13.6 Å². The first-order valence-electron chi connectivity index (χ1n) is 5.67. The Labute approximate surface area is 90.7 Å². The third-order valence-electron chi connectivity index (χ3n) is 3.28. The number of benzene rings is 1. The minimum atomic E-state index is -1.01. The normalized spacial score (nSPS) is 18.5. The van der Waals surface area contributed by atoms with Crippen molar-refractivity contribution in [3.05, 3.63) is 35.4 Å². The maximum absolute atomic E-state index is 14.0. The Morgan fingerprint density at radius 3 is 2.40 bits per heavy atom. The average molecular weight is 207 g/mol. The summed E-state index contributed by atoms with van der Waals surface area (Å²) in [5, 5.41) is 3.11. The lowest BCUT2D eigenvalue weighted by atomic mass is 9.76. The quantitative estimate of drug-likeness (QED) is 0.800. The van der Waals surface area contributed by atoms with Crippen molar-refractivity contribution in [2.24, 2.45) is 0 Å². The summed E-state index contributed by atoms with van der Waals surface area (Å²) >= 11 is 0. The summed E-state index contributed by atoms with van der Waals surface area (Å²) in [7, 11) is 1.94. The van der Waals surface area contributed by atoms with Crippen molar-refractivity contribution in [3.8, 4) is 0 Å². The van der Waals surface area contributed by atoms with Crippen molar-refractivity contribution < 1.29 is 4.39 Å². The second-order valence-corrected chi connectivity index (χ2v) is 4.37. The monoisotopic (exact) mass is 207 g/mol. The maximum atomic E-state index is 14.0. The van der Waals surface area contributed by atoms with Gasteiger partial charge in [-0.3, -0.25) is 0 Å². The highest BCUT2D eigenvalue weighted by Gasteiger charge is 2.38. The summed E-state index contributed by atoms with van der Waals surface area (Å²) in [5.74, 6) is 0. The molecule has 0 aromatic heterocycles. The van der Waals surface area contributed by atoms with E-state index < -0.39 is 5.67 Å². The zero-order valence-electron chi connectivity index (χ0n) is 9.22. The maximum Gasteiger partial charge on any atom is 0.136 e. The van der Waals surface area contributed by atoms with Crippen LogP contribution in [-0.2, 0) is 12.1 Å². The fraction of sp³-hybridized carbons (Fsp3) is 0.538. The van der Waals surface area contributed by atoms with Crippen molar-refractivity contribution in [1.82, 2.24) is 5.32 Å². The summed E-state index contributed by atoms with van der Waals surface area (Å²) in [6.07, 6.45) is 3.43. The lowest BCUT2D eigenvalue weighted by molar-refractivity contribution is 0.0609. The second-order valence-electron chi connectivity index (χ2n) is 4.37. The number of rotatable bonds is 4. The highest BCUT2D eigenvalue weighted by Crippen LogP contribution is 2.44. The predicted octanol–water partition coefficient (Wildman–Crippen LogP) is 2.80. The Morgan fingerprint density at radius 1 is 1.27 bits per heavy atom. The van der Waals surface area contributed by atoms with Crippen molar-refractivity contribution in [3.63, 3.8) is 0 Å². The zero-order valence-corrected chi connectivity index (χ0v) is 9.22. The molecule has 1 saturated carbocycles. The highest BCUT2D eigenvalue weighted by atomic mass is 19.1. The molecule has 1 aliphatic rings. The van der Waals surface area contributed by atoms with Crippen LogP contribution in [-0.4, -0.2) is 13.6 Å². The molecule has 0 radical (unpaired) electrons. The van der Waals surface area contributed by atoms with Crippen LogP contribution >= 0.6 is 0 Å².